The van der Waals surface area contributed by atoms with Gasteiger partial charge in [-0.1, -0.05) is 6.92 Å². The van der Waals surface area contributed by atoms with Crippen LogP contribution >= 0.6 is 15.9 Å². The van der Waals surface area contributed by atoms with Crippen LogP contribution in [0.2, 0.25) is 0 Å². The van der Waals surface area contributed by atoms with Gasteiger partial charge in [-0.2, -0.15) is 5.10 Å². The first kappa shape index (κ1) is 16.1. The van der Waals surface area contributed by atoms with Gasteiger partial charge >= 0.3 is 0 Å². The Kier molecular flexibility index (Phi) is 5.47. The molecule has 1 N–H and O–H groups in total. The van der Waals surface area contributed by atoms with Crippen molar-refractivity contribution in [3.63, 3.8) is 0 Å². The summed E-state index contributed by atoms with van der Waals surface area (Å²) in [6.45, 7) is 4.85. The van der Waals surface area contributed by atoms with E-state index in [1.54, 1.807) is 12.3 Å². The molecule has 2 heterocycles. The Hall–Kier alpha value is -1.27. The predicted molar refractivity (Wildman–Crippen MR) is 84.6 cm³/mol. The highest BCUT2D eigenvalue weighted by Crippen LogP contribution is 2.26. The fourth-order valence-electron chi connectivity index (χ4n) is 2.33. The SMILES string of the molecule is CCCNC(Cc1c(Br)c(C)nn1C)c1ncccc1F. The van der Waals surface area contributed by atoms with E-state index in [1.807, 2.05) is 18.7 Å². The molecule has 114 valence electrons. The number of aryl methyl sites for hydroxylation is 2. The number of nitrogens with one attached hydrogen (secondary N) is 1. The average Bonchev–Trinajstić information content (AvgIpc) is 2.70. The highest BCUT2D eigenvalue weighted by molar-refractivity contribution is 9.10. The van der Waals surface area contributed by atoms with Crippen LogP contribution in [0.1, 0.15) is 36.5 Å². The minimum absolute atomic E-state index is 0.169. The molecular formula is C15H20BrFN4. The lowest BCUT2D eigenvalue weighted by molar-refractivity contribution is 0.471. The number of rotatable bonds is 6. The van der Waals surface area contributed by atoms with E-state index in [9.17, 15) is 4.39 Å². The standard InChI is InChI=1S/C15H20BrFN4/c1-4-7-18-12(15-11(17)6-5-8-19-15)9-13-14(16)10(2)20-21(13)3/h5-6,8,12,18H,4,7,9H2,1-3H3. The Bertz CT molecular complexity index is 612. The monoisotopic (exact) mass is 354 g/mol. The third-order valence-electron chi connectivity index (χ3n) is 3.42. The second-order valence-electron chi connectivity index (χ2n) is 5.05. The third kappa shape index (κ3) is 3.68. The maximum atomic E-state index is 14.0. The van der Waals surface area contributed by atoms with Crippen molar-refractivity contribution in [2.24, 2.45) is 7.05 Å². The molecule has 1 atom stereocenters. The third-order valence-corrected chi connectivity index (χ3v) is 4.45. The molecule has 0 fully saturated rings. The molecule has 2 aromatic rings. The van der Waals surface area contributed by atoms with Crippen molar-refractivity contribution in [2.45, 2.75) is 32.7 Å². The zero-order valence-electron chi connectivity index (χ0n) is 12.5. The fraction of sp³-hybridized carbons (Fsp3) is 0.467. The molecule has 0 radical (unpaired) electrons. The zero-order chi connectivity index (χ0) is 15.4. The molecule has 6 heteroatoms. The Morgan fingerprint density at radius 2 is 2.24 bits per heavy atom. The summed E-state index contributed by atoms with van der Waals surface area (Å²) in [7, 11) is 1.90. The van der Waals surface area contributed by atoms with Crippen LogP contribution in [-0.4, -0.2) is 21.3 Å². The van der Waals surface area contributed by atoms with E-state index in [-0.39, 0.29) is 11.9 Å². The van der Waals surface area contributed by atoms with Gasteiger partial charge in [0.15, 0.2) is 0 Å². The molecule has 0 spiro atoms. The van der Waals surface area contributed by atoms with E-state index in [0.29, 0.717) is 12.1 Å². The lowest BCUT2D eigenvalue weighted by Crippen LogP contribution is -2.26. The summed E-state index contributed by atoms with van der Waals surface area (Å²) in [5.41, 5.74) is 2.42. The molecule has 2 rings (SSSR count). The molecule has 1 unspecified atom stereocenters. The van der Waals surface area contributed by atoms with Crippen LogP contribution in [0.3, 0.4) is 0 Å². The van der Waals surface area contributed by atoms with Crippen LogP contribution in [0.4, 0.5) is 4.39 Å². The van der Waals surface area contributed by atoms with Gasteiger partial charge in [-0.15, -0.1) is 0 Å². The lowest BCUT2D eigenvalue weighted by Gasteiger charge is -2.19. The summed E-state index contributed by atoms with van der Waals surface area (Å²) in [5, 5.41) is 7.76. The van der Waals surface area contributed by atoms with Crippen LogP contribution in [-0.2, 0) is 13.5 Å². The van der Waals surface area contributed by atoms with Crippen molar-refractivity contribution in [2.75, 3.05) is 6.54 Å². The van der Waals surface area contributed by atoms with Gasteiger partial charge in [-0.3, -0.25) is 9.67 Å². The molecule has 4 nitrogen and oxygen atoms in total. The summed E-state index contributed by atoms with van der Waals surface area (Å²) in [6, 6.07) is 2.89. The van der Waals surface area contributed by atoms with Crippen molar-refractivity contribution in [1.29, 1.82) is 0 Å². The highest BCUT2D eigenvalue weighted by atomic mass is 79.9. The van der Waals surface area contributed by atoms with Gasteiger partial charge < -0.3 is 5.32 Å². The molecule has 21 heavy (non-hydrogen) atoms. The van der Waals surface area contributed by atoms with Crippen LogP contribution in [0.5, 0.6) is 0 Å². The van der Waals surface area contributed by atoms with Crippen LogP contribution in [0.15, 0.2) is 22.8 Å². The minimum atomic E-state index is -0.277. The van der Waals surface area contributed by atoms with Gasteiger partial charge in [-0.25, -0.2) is 4.39 Å². The van der Waals surface area contributed by atoms with Gasteiger partial charge in [0.05, 0.1) is 27.6 Å². The summed E-state index contributed by atoms with van der Waals surface area (Å²) in [5.74, 6) is -0.277. The number of nitrogens with zero attached hydrogens (tertiary/aromatic N) is 3. The van der Waals surface area contributed by atoms with Crippen LogP contribution < -0.4 is 5.32 Å². The second-order valence-corrected chi connectivity index (χ2v) is 5.84. The zero-order valence-corrected chi connectivity index (χ0v) is 14.1. The first-order valence-corrected chi connectivity index (χ1v) is 7.85. The molecular weight excluding hydrogens is 335 g/mol. The normalized spacial score (nSPS) is 12.6. The molecule has 0 amide bonds. The van der Waals surface area contributed by atoms with Crippen LogP contribution in [0.25, 0.3) is 0 Å². The Morgan fingerprint density at radius 3 is 2.81 bits per heavy atom. The summed E-state index contributed by atoms with van der Waals surface area (Å²) >= 11 is 3.56. The van der Waals surface area contributed by atoms with E-state index in [4.69, 9.17) is 0 Å². The quantitative estimate of drug-likeness (QED) is 0.865. The Labute approximate surface area is 132 Å². The predicted octanol–water partition coefficient (Wildman–Crippen LogP) is 3.31. The number of pyridine rings is 1. The highest BCUT2D eigenvalue weighted by Gasteiger charge is 2.21. The van der Waals surface area contributed by atoms with Gasteiger partial charge in [0.25, 0.3) is 0 Å². The fourth-order valence-corrected chi connectivity index (χ4v) is 2.83. The molecule has 0 aliphatic carbocycles. The Balaban J connectivity index is 2.31. The number of halogens is 2. The topological polar surface area (TPSA) is 42.7 Å². The smallest absolute Gasteiger partial charge is 0.146 e. The van der Waals surface area contributed by atoms with E-state index in [1.165, 1.54) is 6.07 Å². The number of aromatic nitrogens is 3. The lowest BCUT2D eigenvalue weighted by atomic mass is 10.1. The van der Waals surface area contributed by atoms with E-state index in [0.717, 1.165) is 28.8 Å². The molecule has 0 bridgehead atoms. The minimum Gasteiger partial charge on any atom is -0.308 e. The molecule has 0 saturated heterocycles. The average molecular weight is 355 g/mol. The van der Waals surface area contributed by atoms with Gasteiger partial charge in [0, 0.05) is 19.7 Å². The van der Waals surface area contributed by atoms with E-state index >= 15 is 0 Å². The summed E-state index contributed by atoms with van der Waals surface area (Å²) < 4.78 is 16.9. The van der Waals surface area contributed by atoms with Gasteiger partial charge in [0.1, 0.15) is 5.82 Å². The van der Waals surface area contributed by atoms with E-state index < -0.39 is 0 Å². The maximum absolute atomic E-state index is 14.0. The summed E-state index contributed by atoms with van der Waals surface area (Å²) in [4.78, 5) is 4.21. The first-order chi connectivity index (χ1) is 10.0. The summed E-state index contributed by atoms with van der Waals surface area (Å²) in [6.07, 6.45) is 3.24. The number of hydrogen-bond acceptors (Lipinski definition) is 3. The van der Waals surface area contributed by atoms with E-state index in [2.05, 4.69) is 38.3 Å². The Morgan fingerprint density at radius 1 is 1.48 bits per heavy atom. The molecule has 0 aliphatic heterocycles. The van der Waals surface area contributed by atoms with Crippen molar-refractivity contribution in [1.82, 2.24) is 20.1 Å². The van der Waals surface area contributed by atoms with Gasteiger partial charge in [0.2, 0.25) is 0 Å². The maximum Gasteiger partial charge on any atom is 0.146 e. The molecule has 2 aromatic heterocycles. The van der Waals surface area contributed by atoms with Crippen molar-refractivity contribution in [3.05, 3.63) is 45.7 Å². The van der Waals surface area contributed by atoms with Crippen molar-refractivity contribution < 1.29 is 4.39 Å². The molecule has 0 aromatic carbocycles. The van der Waals surface area contributed by atoms with Crippen molar-refractivity contribution in [3.8, 4) is 0 Å². The first-order valence-electron chi connectivity index (χ1n) is 7.06. The number of hydrogen-bond donors (Lipinski definition) is 1. The second kappa shape index (κ2) is 7.13. The molecule has 0 saturated carbocycles. The van der Waals surface area contributed by atoms with Gasteiger partial charge in [-0.05, 0) is 48.0 Å². The molecule has 0 aliphatic rings. The largest absolute Gasteiger partial charge is 0.308 e. The van der Waals surface area contributed by atoms with Crippen molar-refractivity contribution >= 4 is 15.9 Å². The van der Waals surface area contributed by atoms with Crippen LogP contribution in [0, 0.1) is 12.7 Å².